The van der Waals surface area contributed by atoms with Gasteiger partial charge in [-0.15, -0.1) is 0 Å². The topological polar surface area (TPSA) is 78.4 Å². The van der Waals surface area contributed by atoms with Crippen molar-refractivity contribution in [2.24, 2.45) is 0 Å². The molecule has 1 aromatic rings. The van der Waals surface area contributed by atoms with Gasteiger partial charge in [0.25, 0.3) is 5.91 Å². The number of nitrogens with one attached hydrogen (secondary N) is 2. The average Bonchev–Trinajstić information content (AvgIpc) is 2.51. The molecule has 0 radical (unpaired) electrons. The summed E-state index contributed by atoms with van der Waals surface area (Å²) in [6.07, 6.45) is 4.52. The smallest absolute Gasteiger partial charge is 0.251 e. The molecule has 0 saturated heterocycles. The van der Waals surface area contributed by atoms with E-state index in [2.05, 4.69) is 10.6 Å². The lowest BCUT2D eigenvalue weighted by Gasteiger charge is -2.32. The van der Waals surface area contributed by atoms with Crippen LogP contribution in [0.2, 0.25) is 5.02 Å². The molecule has 6 heteroatoms. The number of hydrogen-bond acceptors (Lipinski definition) is 3. The van der Waals surface area contributed by atoms with Gasteiger partial charge in [-0.1, -0.05) is 36.9 Å². The van der Waals surface area contributed by atoms with Crippen molar-refractivity contribution >= 4 is 23.4 Å². The van der Waals surface area contributed by atoms with E-state index in [1.165, 1.54) is 0 Å². The van der Waals surface area contributed by atoms with Crippen LogP contribution in [0.1, 0.15) is 42.5 Å². The van der Waals surface area contributed by atoms with E-state index in [0.29, 0.717) is 23.4 Å². The number of benzene rings is 1. The minimum atomic E-state index is -0.801. The molecule has 3 N–H and O–H groups in total. The summed E-state index contributed by atoms with van der Waals surface area (Å²) in [6.45, 7) is 0.111. The van der Waals surface area contributed by atoms with Gasteiger partial charge in [0.05, 0.1) is 12.1 Å². The highest BCUT2D eigenvalue weighted by Crippen LogP contribution is 2.27. The minimum absolute atomic E-state index is 0.124. The molecule has 5 nitrogen and oxygen atoms in total. The predicted octanol–water partition coefficient (Wildman–Crippen LogP) is 1.88. The van der Waals surface area contributed by atoms with Gasteiger partial charge in [0.1, 0.15) is 0 Å². The summed E-state index contributed by atoms with van der Waals surface area (Å²) in [4.78, 5) is 23.6. The molecule has 0 spiro atoms. The van der Waals surface area contributed by atoms with E-state index < -0.39 is 5.60 Å². The lowest BCUT2D eigenvalue weighted by atomic mass is 9.85. The third-order valence-corrected chi connectivity index (χ3v) is 4.13. The SMILES string of the molecule is O=C(CNC(=O)c1cccc(Cl)c1)NCC1(O)CCCCC1. The van der Waals surface area contributed by atoms with Gasteiger partial charge in [0.15, 0.2) is 0 Å². The van der Waals surface area contributed by atoms with Gasteiger partial charge in [-0.2, -0.15) is 0 Å². The summed E-state index contributed by atoms with van der Waals surface area (Å²) in [6, 6.07) is 6.52. The van der Waals surface area contributed by atoms with E-state index in [4.69, 9.17) is 11.6 Å². The molecule has 0 heterocycles. The number of aliphatic hydroxyl groups is 1. The first-order chi connectivity index (χ1) is 10.5. The summed E-state index contributed by atoms with van der Waals surface area (Å²) in [5.74, 6) is -0.664. The Balaban J connectivity index is 1.74. The van der Waals surface area contributed by atoms with E-state index in [1.807, 2.05) is 0 Å². The second-order valence-electron chi connectivity index (χ2n) is 5.75. The third-order valence-electron chi connectivity index (χ3n) is 3.90. The quantitative estimate of drug-likeness (QED) is 0.774. The Labute approximate surface area is 135 Å². The molecular weight excluding hydrogens is 304 g/mol. The molecule has 0 bridgehead atoms. The van der Waals surface area contributed by atoms with Crippen LogP contribution in [-0.4, -0.2) is 35.6 Å². The first-order valence-electron chi connectivity index (χ1n) is 7.51. The lowest BCUT2D eigenvalue weighted by Crippen LogP contribution is -2.46. The van der Waals surface area contributed by atoms with Crippen molar-refractivity contribution < 1.29 is 14.7 Å². The van der Waals surface area contributed by atoms with Crippen LogP contribution in [0.25, 0.3) is 0 Å². The molecule has 0 atom stereocenters. The molecule has 1 saturated carbocycles. The largest absolute Gasteiger partial charge is 0.388 e. The Bertz CT molecular complexity index is 542. The Morgan fingerprint density at radius 3 is 2.59 bits per heavy atom. The Hall–Kier alpha value is -1.59. The van der Waals surface area contributed by atoms with Crippen LogP contribution in [-0.2, 0) is 4.79 Å². The van der Waals surface area contributed by atoms with E-state index in [-0.39, 0.29) is 24.9 Å². The molecular formula is C16H21ClN2O3. The zero-order chi connectivity index (χ0) is 16.0. The van der Waals surface area contributed by atoms with Crippen LogP contribution in [0.4, 0.5) is 0 Å². The highest BCUT2D eigenvalue weighted by Gasteiger charge is 2.29. The normalized spacial score (nSPS) is 16.8. The zero-order valence-electron chi connectivity index (χ0n) is 12.4. The average molecular weight is 325 g/mol. The maximum absolute atomic E-state index is 11.9. The van der Waals surface area contributed by atoms with Gasteiger partial charge in [0.2, 0.25) is 5.91 Å². The molecule has 120 valence electrons. The van der Waals surface area contributed by atoms with Crippen molar-refractivity contribution in [1.29, 1.82) is 0 Å². The summed E-state index contributed by atoms with van der Waals surface area (Å²) >= 11 is 5.82. The first kappa shape index (κ1) is 16.8. The van der Waals surface area contributed by atoms with Crippen molar-refractivity contribution in [2.75, 3.05) is 13.1 Å². The Kier molecular flexibility index (Phi) is 5.80. The van der Waals surface area contributed by atoms with Crippen LogP contribution < -0.4 is 10.6 Å². The fourth-order valence-electron chi connectivity index (χ4n) is 2.60. The molecule has 0 aromatic heterocycles. The van der Waals surface area contributed by atoms with E-state index in [0.717, 1.165) is 19.3 Å². The predicted molar refractivity (Wildman–Crippen MR) is 84.8 cm³/mol. The third kappa shape index (κ3) is 5.00. The summed E-state index contributed by atoms with van der Waals surface area (Å²) in [5.41, 5.74) is -0.392. The monoisotopic (exact) mass is 324 g/mol. The van der Waals surface area contributed by atoms with E-state index in [1.54, 1.807) is 24.3 Å². The Morgan fingerprint density at radius 1 is 1.18 bits per heavy atom. The standard InChI is InChI=1S/C16H21ClN2O3/c17-13-6-4-5-12(9-13)15(21)18-10-14(20)19-11-16(22)7-2-1-3-8-16/h4-6,9,22H,1-3,7-8,10-11H2,(H,18,21)(H,19,20). The number of hydrogen-bond donors (Lipinski definition) is 3. The highest BCUT2D eigenvalue weighted by atomic mass is 35.5. The van der Waals surface area contributed by atoms with Crippen LogP contribution >= 0.6 is 11.6 Å². The van der Waals surface area contributed by atoms with Crippen molar-refractivity contribution in [3.63, 3.8) is 0 Å². The Morgan fingerprint density at radius 2 is 1.91 bits per heavy atom. The van der Waals surface area contributed by atoms with Crippen molar-refractivity contribution in [3.05, 3.63) is 34.9 Å². The molecule has 22 heavy (non-hydrogen) atoms. The van der Waals surface area contributed by atoms with Crippen LogP contribution in [0, 0.1) is 0 Å². The fourth-order valence-corrected chi connectivity index (χ4v) is 2.79. The van der Waals surface area contributed by atoms with Gasteiger partial charge in [-0.05, 0) is 31.0 Å². The molecule has 1 aliphatic rings. The molecule has 1 fully saturated rings. The van der Waals surface area contributed by atoms with Crippen LogP contribution in [0.15, 0.2) is 24.3 Å². The van der Waals surface area contributed by atoms with E-state index in [9.17, 15) is 14.7 Å². The van der Waals surface area contributed by atoms with Crippen LogP contribution in [0.5, 0.6) is 0 Å². The number of carbonyl (C=O) groups is 2. The minimum Gasteiger partial charge on any atom is -0.388 e. The van der Waals surface area contributed by atoms with Gasteiger partial charge >= 0.3 is 0 Å². The summed E-state index contributed by atoms with van der Waals surface area (Å²) in [5, 5.41) is 16.0. The fraction of sp³-hybridized carbons (Fsp3) is 0.500. The van der Waals surface area contributed by atoms with Crippen molar-refractivity contribution in [3.8, 4) is 0 Å². The molecule has 2 rings (SSSR count). The van der Waals surface area contributed by atoms with Crippen molar-refractivity contribution in [1.82, 2.24) is 10.6 Å². The van der Waals surface area contributed by atoms with Gasteiger partial charge in [0, 0.05) is 17.1 Å². The highest BCUT2D eigenvalue weighted by molar-refractivity contribution is 6.30. The van der Waals surface area contributed by atoms with Gasteiger partial charge in [-0.25, -0.2) is 0 Å². The van der Waals surface area contributed by atoms with Crippen LogP contribution in [0.3, 0.4) is 0 Å². The second kappa shape index (κ2) is 7.61. The van der Waals surface area contributed by atoms with Gasteiger partial charge < -0.3 is 15.7 Å². The molecule has 2 amide bonds. The number of carbonyl (C=O) groups excluding carboxylic acids is 2. The maximum atomic E-state index is 11.9. The molecule has 1 aliphatic carbocycles. The number of halogens is 1. The zero-order valence-corrected chi connectivity index (χ0v) is 13.2. The maximum Gasteiger partial charge on any atom is 0.251 e. The summed E-state index contributed by atoms with van der Waals surface area (Å²) < 4.78 is 0. The summed E-state index contributed by atoms with van der Waals surface area (Å²) in [7, 11) is 0. The number of rotatable bonds is 5. The first-order valence-corrected chi connectivity index (χ1v) is 7.89. The van der Waals surface area contributed by atoms with Crippen molar-refractivity contribution in [2.45, 2.75) is 37.7 Å². The second-order valence-corrected chi connectivity index (χ2v) is 6.19. The lowest BCUT2D eigenvalue weighted by molar-refractivity contribution is -0.121. The van der Waals surface area contributed by atoms with Gasteiger partial charge in [-0.3, -0.25) is 9.59 Å². The molecule has 0 unspecified atom stereocenters. The molecule has 0 aliphatic heterocycles. The molecule has 1 aromatic carbocycles. The van der Waals surface area contributed by atoms with E-state index >= 15 is 0 Å². The number of amides is 2.